The second-order valence-corrected chi connectivity index (χ2v) is 5.01. The number of aryl methyl sites for hydroxylation is 2. The Kier molecular flexibility index (Phi) is 3.51. The maximum absolute atomic E-state index is 9.26. The fourth-order valence-electron chi connectivity index (χ4n) is 2.65. The van der Waals surface area contributed by atoms with Crippen molar-refractivity contribution in [3.8, 4) is 5.75 Å². The Morgan fingerprint density at radius 3 is 2.74 bits per heavy atom. The van der Waals surface area contributed by atoms with Crippen molar-refractivity contribution in [2.75, 3.05) is 0 Å². The van der Waals surface area contributed by atoms with E-state index in [-0.39, 0.29) is 6.61 Å². The third-order valence-corrected chi connectivity index (χ3v) is 3.70. The van der Waals surface area contributed by atoms with Crippen LogP contribution in [0.3, 0.4) is 0 Å². The Labute approximate surface area is 113 Å². The molecule has 0 unspecified atom stereocenters. The van der Waals surface area contributed by atoms with Crippen molar-refractivity contribution < 1.29 is 9.84 Å². The van der Waals surface area contributed by atoms with E-state index in [1.165, 1.54) is 36.0 Å². The van der Waals surface area contributed by atoms with E-state index in [4.69, 9.17) is 4.74 Å². The van der Waals surface area contributed by atoms with Crippen LogP contribution in [0.5, 0.6) is 5.75 Å². The summed E-state index contributed by atoms with van der Waals surface area (Å²) >= 11 is 0. The number of benzene rings is 2. The molecule has 2 aromatic carbocycles. The van der Waals surface area contributed by atoms with Crippen molar-refractivity contribution in [1.29, 1.82) is 0 Å². The third kappa shape index (κ3) is 2.64. The molecule has 1 aliphatic carbocycles. The zero-order valence-corrected chi connectivity index (χ0v) is 10.9. The van der Waals surface area contributed by atoms with Gasteiger partial charge in [-0.2, -0.15) is 0 Å². The predicted molar refractivity (Wildman–Crippen MR) is 75.2 cm³/mol. The van der Waals surface area contributed by atoms with E-state index in [0.29, 0.717) is 6.61 Å². The summed E-state index contributed by atoms with van der Waals surface area (Å²) in [5.74, 6) is 0.769. The van der Waals surface area contributed by atoms with Gasteiger partial charge in [0.05, 0.1) is 6.61 Å². The smallest absolute Gasteiger partial charge is 0.125 e. The van der Waals surface area contributed by atoms with Crippen LogP contribution in [0.2, 0.25) is 0 Å². The summed E-state index contributed by atoms with van der Waals surface area (Å²) < 4.78 is 5.81. The first-order valence-electron chi connectivity index (χ1n) is 6.79. The summed E-state index contributed by atoms with van der Waals surface area (Å²) in [6.07, 6.45) is 3.67. The van der Waals surface area contributed by atoms with E-state index in [0.717, 1.165) is 11.3 Å². The van der Waals surface area contributed by atoms with Gasteiger partial charge in [0, 0.05) is 5.56 Å². The maximum Gasteiger partial charge on any atom is 0.125 e. The summed E-state index contributed by atoms with van der Waals surface area (Å²) in [5, 5.41) is 9.26. The van der Waals surface area contributed by atoms with Crippen LogP contribution in [0.1, 0.15) is 28.7 Å². The van der Waals surface area contributed by atoms with Gasteiger partial charge in [-0.15, -0.1) is 0 Å². The minimum absolute atomic E-state index is 0.0142. The molecule has 0 fully saturated rings. The minimum Gasteiger partial charge on any atom is -0.489 e. The summed E-state index contributed by atoms with van der Waals surface area (Å²) in [6, 6.07) is 14.2. The summed E-state index contributed by atoms with van der Waals surface area (Å²) in [7, 11) is 0. The van der Waals surface area contributed by atoms with Crippen LogP contribution >= 0.6 is 0 Å². The lowest BCUT2D eigenvalue weighted by Crippen LogP contribution is -1.99. The lowest BCUT2D eigenvalue weighted by Gasteiger charge is -2.11. The summed E-state index contributed by atoms with van der Waals surface area (Å²) in [4.78, 5) is 0. The summed E-state index contributed by atoms with van der Waals surface area (Å²) in [5.41, 5.74) is 4.99. The van der Waals surface area contributed by atoms with Crippen LogP contribution in [0, 0.1) is 0 Å². The van der Waals surface area contributed by atoms with Crippen molar-refractivity contribution in [3.05, 3.63) is 64.7 Å². The van der Waals surface area contributed by atoms with Gasteiger partial charge in [-0.25, -0.2) is 0 Å². The zero-order chi connectivity index (χ0) is 13.1. The lowest BCUT2D eigenvalue weighted by molar-refractivity contribution is 0.259. The highest BCUT2D eigenvalue weighted by atomic mass is 16.5. The molecule has 1 aliphatic rings. The first-order chi connectivity index (χ1) is 9.36. The lowest BCUT2D eigenvalue weighted by atomic mass is 10.1. The van der Waals surface area contributed by atoms with E-state index >= 15 is 0 Å². The zero-order valence-electron chi connectivity index (χ0n) is 10.9. The number of hydrogen-bond acceptors (Lipinski definition) is 2. The fraction of sp³-hybridized carbons (Fsp3) is 0.294. The summed E-state index contributed by atoms with van der Waals surface area (Å²) in [6.45, 7) is 0.574. The number of aliphatic hydroxyl groups is 1. The fourth-order valence-corrected chi connectivity index (χ4v) is 2.65. The monoisotopic (exact) mass is 254 g/mol. The number of rotatable bonds is 4. The largest absolute Gasteiger partial charge is 0.489 e. The molecule has 2 heteroatoms. The molecule has 0 saturated heterocycles. The molecule has 0 amide bonds. The standard InChI is InChI=1S/C17H18O2/c18-11-16-4-1-2-7-17(16)19-12-13-8-9-14-5-3-6-15(14)10-13/h1-2,4,7-10,18H,3,5-6,11-12H2. The van der Waals surface area contributed by atoms with Gasteiger partial charge in [0.2, 0.25) is 0 Å². The number of ether oxygens (including phenoxy) is 1. The van der Waals surface area contributed by atoms with Gasteiger partial charge < -0.3 is 9.84 Å². The number of fused-ring (bicyclic) bond motifs is 1. The Bertz CT molecular complexity index is 575. The molecule has 0 aromatic heterocycles. The van der Waals surface area contributed by atoms with Crippen molar-refractivity contribution in [2.24, 2.45) is 0 Å². The first kappa shape index (κ1) is 12.2. The molecule has 2 nitrogen and oxygen atoms in total. The number of para-hydroxylation sites is 1. The Hall–Kier alpha value is -1.80. The quantitative estimate of drug-likeness (QED) is 0.907. The van der Waals surface area contributed by atoms with Crippen LogP contribution in [0.25, 0.3) is 0 Å². The van der Waals surface area contributed by atoms with Crippen LogP contribution in [-0.2, 0) is 26.1 Å². The highest BCUT2D eigenvalue weighted by molar-refractivity contribution is 5.36. The Morgan fingerprint density at radius 2 is 1.84 bits per heavy atom. The molecule has 3 rings (SSSR count). The van der Waals surface area contributed by atoms with Crippen LogP contribution < -0.4 is 4.74 Å². The molecular weight excluding hydrogens is 236 g/mol. The van der Waals surface area contributed by atoms with E-state index in [1.807, 2.05) is 24.3 Å². The van der Waals surface area contributed by atoms with Crippen LogP contribution in [-0.4, -0.2) is 5.11 Å². The second kappa shape index (κ2) is 5.45. The van der Waals surface area contributed by atoms with E-state index in [9.17, 15) is 5.11 Å². The maximum atomic E-state index is 9.26. The normalized spacial score (nSPS) is 13.3. The van der Waals surface area contributed by atoms with E-state index in [2.05, 4.69) is 18.2 Å². The Balaban J connectivity index is 1.72. The van der Waals surface area contributed by atoms with Crippen molar-refractivity contribution in [2.45, 2.75) is 32.5 Å². The third-order valence-electron chi connectivity index (χ3n) is 3.70. The molecule has 0 saturated carbocycles. The van der Waals surface area contributed by atoms with Gasteiger partial charge in [0.15, 0.2) is 0 Å². The molecule has 0 bridgehead atoms. The van der Waals surface area contributed by atoms with Gasteiger partial charge >= 0.3 is 0 Å². The predicted octanol–water partition coefficient (Wildman–Crippen LogP) is 3.25. The highest BCUT2D eigenvalue weighted by Crippen LogP contribution is 2.24. The molecule has 19 heavy (non-hydrogen) atoms. The van der Waals surface area contributed by atoms with Crippen LogP contribution in [0.4, 0.5) is 0 Å². The van der Waals surface area contributed by atoms with Crippen molar-refractivity contribution in [1.82, 2.24) is 0 Å². The van der Waals surface area contributed by atoms with Gasteiger partial charge in [0.25, 0.3) is 0 Å². The van der Waals surface area contributed by atoms with Gasteiger partial charge in [-0.1, -0.05) is 36.4 Å². The number of hydrogen-bond donors (Lipinski definition) is 1. The molecule has 0 atom stereocenters. The molecule has 1 N–H and O–H groups in total. The average molecular weight is 254 g/mol. The first-order valence-corrected chi connectivity index (χ1v) is 6.79. The van der Waals surface area contributed by atoms with Crippen molar-refractivity contribution >= 4 is 0 Å². The molecule has 0 radical (unpaired) electrons. The van der Waals surface area contributed by atoms with Crippen molar-refractivity contribution in [3.63, 3.8) is 0 Å². The van der Waals surface area contributed by atoms with E-state index in [1.54, 1.807) is 0 Å². The topological polar surface area (TPSA) is 29.5 Å². The average Bonchev–Trinajstić information content (AvgIpc) is 2.93. The SMILES string of the molecule is OCc1ccccc1OCc1ccc2c(c1)CCC2. The van der Waals surface area contributed by atoms with E-state index < -0.39 is 0 Å². The van der Waals surface area contributed by atoms with Crippen LogP contribution in [0.15, 0.2) is 42.5 Å². The molecule has 0 heterocycles. The molecule has 0 spiro atoms. The molecular formula is C17H18O2. The molecule has 2 aromatic rings. The van der Waals surface area contributed by atoms with Gasteiger partial charge in [-0.05, 0) is 42.0 Å². The van der Waals surface area contributed by atoms with Gasteiger partial charge in [-0.3, -0.25) is 0 Å². The Morgan fingerprint density at radius 1 is 1.00 bits per heavy atom. The molecule has 0 aliphatic heterocycles. The highest BCUT2D eigenvalue weighted by Gasteiger charge is 2.11. The van der Waals surface area contributed by atoms with Gasteiger partial charge in [0.1, 0.15) is 12.4 Å². The molecule has 98 valence electrons. The minimum atomic E-state index is 0.0142. The second-order valence-electron chi connectivity index (χ2n) is 5.01. The number of aliphatic hydroxyl groups excluding tert-OH is 1.